The van der Waals surface area contributed by atoms with Crippen LogP contribution in [0, 0.1) is 0 Å². The molecular weight excluding hydrogens is 210 g/mol. The van der Waals surface area contributed by atoms with Crippen molar-refractivity contribution in [2.75, 3.05) is 18.9 Å². The normalized spacial score (nSPS) is 9.57. The largest absolute Gasteiger partial charge is 0.464 e. The van der Waals surface area contributed by atoms with E-state index in [-0.39, 0.29) is 23.6 Å². The summed E-state index contributed by atoms with van der Waals surface area (Å²) in [6, 6.07) is 1.11. The third-order valence-corrected chi connectivity index (χ3v) is 1.41. The molecule has 0 fully saturated rings. The molecule has 1 aromatic rings. The highest BCUT2D eigenvalue weighted by atomic mass is 35.5. The number of halogens is 1. The van der Waals surface area contributed by atoms with Crippen molar-refractivity contribution >= 4 is 23.4 Å². The van der Waals surface area contributed by atoms with Crippen LogP contribution in [0.2, 0.25) is 0 Å². The van der Waals surface area contributed by atoms with Crippen LogP contribution in [0.25, 0.3) is 0 Å². The van der Waals surface area contributed by atoms with E-state index in [1.54, 1.807) is 0 Å². The number of anilines is 1. The minimum Gasteiger partial charge on any atom is -0.464 e. The first-order valence-corrected chi connectivity index (χ1v) is 4.12. The summed E-state index contributed by atoms with van der Waals surface area (Å²) in [5, 5.41) is 0. The molecule has 76 valence electrons. The first kappa shape index (κ1) is 10.5. The Morgan fingerprint density at radius 1 is 1.64 bits per heavy atom. The molecule has 0 saturated heterocycles. The third kappa shape index (κ3) is 2.46. The van der Waals surface area contributed by atoms with Gasteiger partial charge in [-0.2, -0.15) is 9.97 Å². The van der Waals surface area contributed by atoms with Gasteiger partial charge in [-0.05, 0) is 0 Å². The molecular formula is C7H8ClN3O3. The van der Waals surface area contributed by atoms with E-state index >= 15 is 0 Å². The molecule has 0 amide bonds. The molecule has 0 bridgehead atoms. The van der Waals surface area contributed by atoms with Gasteiger partial charge in [0.15, 0.2) is 11.8 Å². The van der Waals surface area contributed by atoms with Gasteiger partial charge in [-0.25, -0.2) is 4.79 Å². The predicted octanol–water partition coefficient (Wildman–Crippen LogP) is 0.420. The Kier molecular flexibility index (Phi) is 3.47. The number of nitrogen functional groups attached to an aromatic ring is 1. The number of carbonyl (C=O) groups is 1. The second kappa shape index (κ2) is 4.61. The van der Waals surface area contributed by atoms with Crippen LogP contribution in [-0.4, -0.2) is 29.1 Å². The van der Waals surface area contributed by atoms with E-state index in [0.29, 0.717) is 0 Å². The SMILES string of the molecule is COC(=O)c1cc(N)nc(OCCl)n1. The van der Waals surface area contributed by atoms with Crippen LogP contribution in [0.4, 0.5) is 5.82 Å². The maximum atomic E-state index is 11.1. The molecule has 2 N–H and O–H groups in total. The fourth-order valence-corrected chi connectivity index (χ4v) is 0.863. The molecule has 0 aliphatic rings. The third-order valence-electron chi connectivity index (χ3n) is 1.30. The number of aromatic nitrogens is 2. The molecule has 1 rings (SSSR count). The topological polar surface area (TPSA) is 87.3 Å². The number of nitrogens with two attached hydrogens (primary N) is 1. The quantitative estimate of drug-likeness (QED) is 0.583. The molecule has 14 heavy (non-hydrogen) atoms. The summed E-state index contributed by atoms with van der Waals surface area (Å²) in [4.78, 5) is 18.5. The Balaban J connectivity index is 3.00. The van der Waals surface area contributed by atoms with Gasteiger partial charge in [0, 0.05) is 6.07 Å². The number of nitrogens with zero attached hydrogens (tertiary/aromatic N) is 2. The summed E-state index contributed by atoms with van der Waals surface area (Å²) < 4.78 is 9.23. The van der Waals surface area contributed by atoms with Crippen molar-refractivity contribution in [1.82, 2.24) is 9.97 Å². The van der Waals surface area contributed by atoms with Crippen LogP contribution in [-0.2, 0) is 4.74 Å². The second-order valence-electron chi connectivity index (χ2n) is 2.21. The highest BCUT2D eigenvalue weighted by molar-refractivity contribution is 6.17. The van der Waals surface area contributed by atoms with Crippen molar-refractivity contribution < 1.29 is 14.3 Å². The molecule has 0 aromatic carbocycles. The van der Waals surface area contributed by atoms with E-state index in [1.165, 1.54) is 13.2 Å². The monoisotopic (exact) mass is 217 g/mol. The number of alkyl halides is 1. The highest BCUT2D eigenvalue weighted by Gasteiger charge is 2.11. The van der Waals surface area contributed by atoms with E-state index in [9.17, 15) is 4.79 Å². The number of ether oxygens (including phenoxy) is 2. The molecule has 6 nitrogen and oxygen atoms in total. The second-order valence-corrected chi connectivity index (χ2v) is 2.42. The number of esters is 1. The van der Waals surface area contributed by atoms with E-state index in [4.69, 9.17) is 22.1 Å². The Labute approximate surface area is 85.0 Å². The maximum absolute atomic E-state index is 11.1. The Hall–Kier alpha value is -1.56. The van der Waals surface area contributed by atoms with Crippen molar-refractivity contribution in [3.05, 3.63) is 11.8 Å². The van der Waals surface area contributed by atoms with Crippen molar-refractivity contribution in [2.24, 2.45) is 0 Å². The van der Waals surface area contributed by atoms with Crippen LogP contribution in [0.15, 0.2) is 6.07 Å². The van der Waals surface area contributed by atoms with Crippen LogP contribution < -0.4 is 10.5 Å². The van der Waals surface area contributed by atoms with Gasteiger partial charge in [-0.1, -0.05) is 11.6 Å². The maximum Gasteiger partial charge on any atom is 0.356 e. The average Bonchev–Trinajstić information content (AvgIpc) is 2.16. The zero-order valence-corrected chi connectivity index (χ0v) is 8.11. The minimum absolute atomic E-state index is 0.0279. The molecule has 0 saturated carbocycles. The van der Waals surface area contributed by atoms with E-state index < -0.39 is 5.97 Å². The van der Waals surface area contributed by atoms with E-state index in [2.05, 4.69) is 14.7 Å². The van der Waals surface area contributed by atoms with Gasteiger partial charge >= 0.3 is 12.0 Å². The van der Waals surface area contributed by atoms with Gasteiger partial charge in [-0.15, -0.1) is 0 Å². The first-order valence-electron chi connectivity index (χ1n) is 3.59. The summed E-state index contributed by atoms with van der Waals surface area (Å²) in [6.07, 6.45) is 0. The number of hydrogen-bond acceptors (Lipinski definition) is 6. The molecule has 0 aliphatic carbocycles. The van der Waals surface area contributed by atoms with Crippen LogP contribution in [0.3, 0.4) is 0 Å². The van der Waals surface area contributed by atoms with Gasteiger partial charge in [0.2, 0.25) is 0 Å². The Morgan fingerprint density at radius 2 is 2.36 bits per heavy atom. The molecule has 0 radical (unpaired) electrons. The van der Waals surface area contributed by atoms with Gasteiger partial charge in [0.25, 0.3) is 0 Å². The van der Waals surface area contributed by atoms with Crippen molar-refractivity contribution in [3.8, 4) is 6.01 Å². The number of hydrogen-bond donors (Lipinski definition) is 1. The van der Waals surface area contributed by atoms with Crippen LogP contribution >= 0.6 is 11.6 Å². The summed E-state index contributed by atoms with van der Waals surface area (Å²) in [6.45, 7) is 0. The lowest BCUT2D eigenvalue weighted by Crippen LogP contribution is -2.08. The molecule has 1 aromatic heterocycles. The van der Waals surface area contributed by atoms with Crippen LogP contribution in [0.5, 0.6) is 6.01 Å². The molecule has 7 heteroatoms. The molecule has 0 aliphatic heterocycles. The summed E-state index contributed by atoms with van der Waals surface area (Å²) >= 11 is 5.29. The first-order chi connectivity index (χ1) is 6.67. The van der Waals surface area contributed by atoms with E-state index in [0.717, 1.165) is 0 Å². The standard InChI is InChI=1S/C7H8ClN3O3/c1-13-6(12)4-2-5(9)11-7(10-4)14-3-8/h2H,3H2,1H3,(H2,9,10,11). The highest BCUT2D eigenvalue weighted by Crippen LogP contribution is 2.10. The average molecular weight is 218 g/mol. The molecule has 0 atom stereocenters. The van der Waals surface area contributed by atoms with Gasteiger partial charge in [0.05, 0.1) is 7.11 Å². The predicted molar refractivity (Wildman–Crippen MR) is 49.1 cm³/mol. The van der Waals surface area contributed by atoms with Crippen molar-refractivity contribution in [1.29, 1.82) is 0 Å². The molecule has 1 heterocycles. The lowest BCUT2D eigenvalue weighted by Gasteiger charge is -2.03. The summed E-state index contributed by atoms with van der Waals surface area (Å²) in [5.41, 5.74) is 5.43. The lowest BCUT2D eigenvalue weighted by atomic mass is 10.4. The van der Waals surface area contributed by atoms with Gasteiger partial charge in [-0.3, -0.25) is 0 Å². The van der Waals surface area contributed by atoms with E-state index in [1.807, 2.05) is 0 Å². The summed E-state index contributed by atoms with van der Waals surface area (Å²) in [5.74, 6) is -0.501. The van der Waals surface area contributed by atoms with Gasteiger partial charge in [0.1, 0.15) is 5.82 Å². The smallest absolute Gasteiger partial charge is 0.356 e. The summed E-state index contributed by atoms with van der Waals surface area (Å²) in [7, 11) is 1.24. The molecule has 0 spiro atoms. The zero-order valence-electron chi connectivity index (χ0n) is 7.36. The number of carbonyl (C=O) groups excluding carboxylic acids is 1. The Morgan fingerprint density at radius 3 is 2.93 bits per heavy atom. The fourth-order valence-electron chi connectivity index (χ4n) is 0.766. The lowest BCUT2D eigenvalue weighted by molar-refractivity contribution is 0.0592. The minimum atomic E-state index is -0.612. The van der Waals surface area contributed by atoms with Crippen molar-refractivity contribution in [3.63, 3.8) is 0 Å². The van der Waals surface area contributed by atoms with Gasteiger partial charge < -0.3 is 15.2 Å². The number of methoxy groups -OCH3 is 1. The molecule has 0 unspecified atom stereocenters. The van der Waals surface area contributed by atoms with Crippen molar-refractivity contribution in [2.45, 2.75) is 0 Å². The van der Waals surface area contributed by atoms with Crippen LogP contribution in [0.1, 0.15) is 10.5 Å². The number of rotatable bonds is 3. The zero-order chi connectivity index (χ0) is 10.6. The Bertz CT molecular complexity index is 345. The fraction of sp³-hybridized carbons (Fsp3) is 0.286.